The van der Waals surface area contributed by atoms with Crippen molar-refractivity contribution in [3.63, 3.8) is 0 Å². The molecule has 0 fully saturated rings. The van der Waals surface area contributed by atoms with Gasteiger partial charge in [-0.2, -0.15) is 0 Å². The smallest absolute Gasteiger partial charge is 0.339 e. The van der Waals surface area contributed by atoms with Gasteiger partial charge < -0.3 is 15.1 Å². The second-order valence-corrected chi connectivity index (χ2v) is 4.26. The number of aromatic hydroxyl groups is 1. The first-order chi connectivity index (χ1) is 9.06. The third-order valence-corrected chi connectivity index (χ3v) is 2.66. The van der Waals surface area contributed by atoms with Crippen molar-refractivity contribution in [2.24, 2.45) is 0 Å². The van der Waals surface area contributed by atoms with Crippen LogP contribution in [0.15, 0.2) is 24.3 Å². The molecule has 0 radical (unpaired) electrons. The third-order valence-electron chi connectivity index (χ3n) is 2.66. The zero-order valence-corrected chi connectivity index (χ0v) is 12.1. The predicted octanol–water partition coefficient (Wildman–Crippen LogP) is 3.22. The lowest BCUT2D eigenvalue weighted by atomic mass is 10.2. The van der Waals surface area contributed by atoms with Gasteiger partial charge in [-0.3, -0.25) is 0 Å². The summed E-state index contributed by atoms with van der Waals surface area (Å²) in [6.45, 7) is 10.4. The van der Waals surface area contributed by atoms with Gasteiger partial charge in [-0.05, 0) is 44.6 Å². The van der Waals surface area contributed by atoms with Gasteiger partial charge in [0.15, 0.2) is 0 Å². The van der Waals surface area contributed by atoms with Gasteiger partial charge >= 0.3 is 5.97 Å². The van der Waals surface area contributed by atoms with Crippen LogP contribution in [0.5, 0.6) is 5.75 Å². The molecule has 0 amide bonds. The van der Waals surface area contributed by atoms with E-state index in [-0.39, 0.29) is 11.3 Å². The fraction of sp³-hybridized carbons (Fsp3) is 0.533. The number of hydrogen-bond donors (Lipinski definition) is 2. The van der Waals surface area contributed by atoms with Gasteiger partial charge in [0.25, 0.3) is 0 Å². The number of nitrogens with zero attached hydrogens (tertiary/aromatic N) is 1. The zero-order valence-electron chi connectivity index (χ0n) is 12.1. The van der Waals surface area contributed by atoms with E-state index in [1.54, 1.807) is 12.1 Å². The topological polar surface area (TPSA) is 60.8 Å². The monoisotopic (exact) mass is 267 g/mol. The van der Waals surface area contributed by atoms with Crippen LogP contribution in [0, 0.1) is 0 Å². The van der Waals surface area contributed by atoms with E-state index >= 15 is 0 Å². The average Bonchev–Trinajstić information content (AvgIpc) is 2.39. The Labute approximate surface area is 115 Å². The number of aromatic carboxylic acids is 1. The maximum absolute atomic E-state index is 10.3. The Hall–Kier alpha value is -1.55. The van der Waals surface area contributed by atoms with Gasteiger partial charge in [0.2, 0.25) is 0 Å². The lowest BCUT2D eigenvalue weighted by Crippen LogP contribution is -2.24. The second kappa shape index (κ2) is 10.4. The van der Waals surface area contributed by atoms with Crippen LogP contribution in [-0.4, -0.2) is 40.7 Å². The van der Waals surface area contributed by atoms with Gasteiger partial charge in [-0.15, -0.1) is 0 Å². The van der Waals surface area contributed by atoms with Crippen LogP contribution in [0.1, 0.15) is 44.0 Å². The van der Waals surface area contributed by atoms with Crippen molar-refractivity contribution >= 4 is 5.97 Å². The maximum atomic E-state index is 10.3. The summed E-state index contributed by atoms with van der Waals surface area (Å²) >= 11 is 0. The van der Waals surface area contributed by atoms with Crippen molar-refractivity contribution in [1.29, 1.82) is 0 Å². The number of para-hydroxylation sites is 1. The van der Waals surface area contributed by atoms with E-state index in [1.165, 1.54) is 44.6 Å². The van der Waals surface area contributed by atoms with E-state index in [0.29, 0.717) is 0 Å². The van der Waals surface area contributed by atoms with Crippen LogP contribution < -0.4 is 0 Å². The molecule has 4 nitrogen and oxygen atoms in total. The lowest BCUT2D eigenvalue weighted by Gasteiger charge is -2.17. The average molecular weight is 267 g/mol. The minimum Gasteiger partial charge on any atom is -0.507 e. The molecule has 0 aliphatic rings. The first kappa shape index (κ1) is 17.4. The Morgan fingerprint density at radius 3 is 1.95 bits per heavy atom. The van der Waals surface area contributed by atoms with Crippen LogP contribution in [0.3, 0.4) is 0 Å². The van der Waals surface area contributed by atoms with Gasteiger partial charge in [-0.25, -0.2) is 4.79 Å². The summed E-state index contributed by atoms with van der Waals surface area (Å²) in [5.41, 5.74) is -0.0671. The number of hydrogen-bond acceptors (Lipinski definition) is 3. The van der Waals surface area contributed by atoms with Gasteiger partial charge in [0.05, 0.1) is 0 Å². The van der Waals surface area contributed by atoms with Crippen LogP contribution in [0.4, 0.5) is 0 Å². The van der Waals surface area contributed by atoms with Gasteiger partial charge in [-0.1, -0.05) is 32.9 Å². The molecule has 0 unspecified atom stereocenters. The molecule has 0 aliphatic carbocycles. The van der Waals surface area contributed by atoms with Crippen LogP contribution in [0.25, 0.3) is 0 Å². The highest BCUT2D eigenvalue weighted by atomic mass is 16.4. The van der Waals surface area contributed by atoms with E-state index in [0.717, 1.165) is 0 Å². The molecule has 1 rings (SSSR count). The molecule has 0 saturated carbocycles. The minimum absolute atomic E-state index is 0.0671. The fourth-order valence-electron chi connectivity index (χ4n) is 1.71. The van der Waals surface area contributed by atoms with Crippen molar-refractivity contribution in [2.75, 3.05) is 19.6 Å². The molecule has 0 aromatic heterocycles. The fourth-order valence-corrected chi connectivity index (χ4v) is 1.71. The van der Waals surface area contributed by atoms with Crippen molar-refractivity contribution in [3.8, 4) is 5.75 Å². The van der Waals surface area contributed by atoms with Crippen LogP contribution >= 0.6 is 0 Å². The molecule has 2 N–H and O–H groups in total. The number of carboxylic acids is 1. The highest BCUT2D eigenvalue weighted by Crippen LogP contribution is 2.14. The second-order valence-electron chi connectivity index (χ2n) is 4.26. The molecule has 0 spiro atoms. The molecular formula is C15H25NO3. The normalized spacial score (nSPS) is 9.89. The van der Waals surface area contributed by atoms with Crippen LogP contribution in [-0.2, 0) is 0 Å². The summed E-state index contributed by atoms with van der Waals surface area (Å²) in [5.74, 6) is -1.31. The quantitative estimate of drug-likeness (QED) is 0.830. The highest BCUT2D eigenvalue weighted by molar-refractivity contribution is 5.90. The minimum atomic E-state index is -1.11. The highest BCUT2D eigenvalue weighted by Gasteiger charge is 2.05. The Kier molecular flexibility index (Phi) is 9.53. The van der Waals surface area contributed by atoms with Crippen LogP contribution in [0.2, 0.25) is 0 Å². The molecule has 19 heavy (non-hydrogen) atoms. The first-order valence-corrected chi connectivity index (χ1v) is 6.80. The summed E-state index contributed by atoms with van der Waals surface area (Å²) in [6, 6.07) is 5.81. The van der Waals surface area contributed by atoms with Crippen molar-refractivity contribution < 1.29 is 15.0 Å². The number of benzene rings is 1. The molecule has 108 valence electrons. The SMILES string of the molecule is CCCN(CC)CCC.O=C(O)c1ccccc1O. The summed E-state index contributed by atoms with van der Waals surface area (Å²) in [4.78, 5) is 12.7. The van der Waals surface area contributed by atoms with Gasteiger partial charge in [0, 0.05) is 0 Å². The van der Waals surface area contributed by atoms with E-state index in [9.17, 15) is 4.79 Å². The predicted molar refractivity (Wildman–Crippen MR) is 77.8 cm³/mol. The summed E-state index contributed by atoms with van der Waals surface area (Å²) in [7, 11) is 0. The Bertz CT molecular complexity index is 360. The van der Waals surface area contributed by atoms with E-state index in [4.69, 9.17) is 10.2 Å². The molecule has 4 heteroatoms. The molecule has 0 aliphatic heterocycles. The van der Waals surface area contributed by atoms with E-state index in [2.05, 4.69) is 25.7 Å². The third kappa shape index (κ3) is 7.47. The van der Waals surface area contributed by atoms with Crippen molar-refractivity contribution in [3.05, 3.63) is 29.8 Å². The van der Waals surface area contributed by atoms with Gasteiger partial charge in [0.1, 0.15) is 11.3 Å². The number of carbonyl (C=O) groups is 1. The molecule has 1 aromatic rings. The summed E-state index contributed by atoms with van der Waals surface area (Å²) in [6.07, 6.45) is 2.57. The summed E-state index contributed by atoms with van der Waals surface area (Å²) in [5, 5.41) is 17.3. The molecular weight excluding hydrogens is 242 g/mol. The zero-order chi connectivity index (χ0) is 14.7. The number of rotatable bonds is 6. The first-order valence-electron chi connectivity index (χ1n) is 6.80. The Morgan fingerprint density at radius 1 is 1.11 bits per heavy atom. The largest absolute Gasteiger partial charge is 0.507 e. The molecule has 0 bridgehead atoms. The maximum Gasteiger partial charge on any atom is 0.339 e. The van der Waals surface area contributed by atoms with E-state index < -0.39 is 5.97 Å². The lowest BCUT2D eigenvalue weighted by molar-refractivity contribution is 0.0693. The van der Waals surface area contributed by atoms with Crippen molar-refractivity contribution in [2.45, 2.75) is 33.6 Å². The van der Waals surface area contributed by atoms with Crippen molar-refractivity contribution in [1.82, 2.24) is 4.90 Å². The standard InChI is InChI=1S/C8H19N.C7H6O3/c1-4-7-9(6-3)8-5-2;8-6-4-2-1-3-5(6)7(9)10/h4-8H2,1-3H3;1-4,8H,(H,9,10). The number of phenols is 1. The molecule has 0 heterocycles. The Balaban J connectivity index is 0.000000344. The number of carboxylic acid groups (broad SMARTS) is 1. The molecule has 1 aromatic carbocycles. The molecule has 0 saturated heterocycles. The Morgan fingerprint density at radius 2 is 1.63 bits per heavy atom. The summed E-state index contributed by atoms with van der Waals surface area (Å²) < 4.78 is 0. The van der Waals surface area contributed by atoms with E-state index in [1.807, 2.05) is 0 Å². The molecule has 0 atom stereocenters.